The number of nitrogens with one attached hydrogen (secondary N) is 2. The molecule has 0 fully saturated rings. The number of carbonyl (C=O) groups excluding carboxylic acids is 1. The second-order valence-electron chi connectivity index (χ2n) is 9.01. The van der Waals surface area contributed by atoms with Crippen molar-refractivity contribution in [2.24, 2.45) is 0 Å². The van der Waals surface area contributed by atoms with E-state index in [0.29, 0.717) is 17.9 Å². The zero-order chi connectivity index (χ0) is 25.9. The number of sulfonamides is 1. The molecule has 0 saturated carbocycles. The minimum atomic E-state index is -3.61. The van der Waals surface area contributed by atoms with Crippen LogP contribution in [0.15, 0.2) is 36.4 Å². The molecule has 0 saturated heterocycles. The molecule has 9 nitrogen and oxygen atoms in total. The Balaban J connectivity index is 1.58. The lowest BCUT2D eigenvalue weighted by Crippen LogP contribution is -2.34. The zero-order valence-electron chi connectivity index (χ0n) is 20.6. The number of nitrogen functional groups attached to an aromatic ring is 1. The second kappa shape index (κ2) is 10.9. The molecule has 1 aliphatic rings. The van der Waals surface area contributed by atoms with E-state index in [4.69, 9.17) is 10.5 Å². The molecule has 1 heterocycles. The quantitative estimate of drug-likeness (QED) is 0.360. The highest BCUT2D eigenvalue weighted by Gasteiger charge is 2.27. The lowest BCUT2D eigenvalue weighted by molar-refractivity contribution is -0.120. The molecule has 0 aliphatic heterocycles. The molecule has 1 aromatic heterocycles. The standard InChI is InChI=1S/C25H31N5O4S2/c1-15(2)34-22-11-10-16(14-20(22)26)24-28-29-25(35-24)19-8-4-7-18-17(19)6-5-9-21(18)30-36(32,33)13-12-23(31)27-3/h4,7-8,10-11,14-15,21,30H,5-6,9,12-13,26H2,1-3H3,(H,27,31). The lowest BCUT2D eigenvalue weighted by Gasteiger charge is -2.27. The van der Waals surface area contributed by atoms with E-state index in [1.807, 2.05) is 50.2 Å². The van der Waals surface area contributed by atoms with Crippen LogP contribution in [0.3, 0.4) is 0 Å². The summed E-state index contributed by atoms with van der Waals surface area (Å²) in [5.41, 5.74) is 10.6. The van der Waals surface area contributed by atoms with Crippen LogP contribution >= 0.6 is 11.3 Å². The number of rotatable bonds is 9. The SMILES string of the molecule is CNC(=O)CCS(=O)(=O)NC1CCCc2c(-c3nnc(-c4ccc(OC(C)C)c(N)c4)s3)cccc21. The first-order valence-corrected chi connectivity index (χ1v) is 14.4. The summed E-state index contributed by atoms with van der Waals surface area (Å²) in [6, 6.07) is 11.1. The van der Waals surface area contributed by atoms with Crippen molar-refractivity contribution in [2.75, 3.05) is 18.5 Å². The summed E-state index contributed by atoms with van der Waals surface area (Å²) < 4.78 is 33.8. The third kappa shape index (κ3) is 6.03. The van der Waals surface area contributed by atoms with Crippen molar-refractivity contribution < 1.29 is 17.9 Å². The maximum Gasteiger partial charge on any atom is 0.220 e. The van der Waals surface area contributed by atoms with E-state index in [2.05, 4.69) is 20.2 Å². The smallest absolute Gasteiger partial charge is 0.220 e. The molecule has 4 N–H and O–H groups in total. The van der Waals surface area contributed by atoms with Crippen LogP contribution in [0.1, 0.15) is 50.3 Å². The number of benzene rings is 2. The summed E-state index contributed by atoms with van der Waals surface area (Å²) in [5, 5.41) is 12.8. The predicted molar refractivity (Wildman–Crippen MR) is 142 cm³/mol. The Kier molecular flexibility index (Phi) is 7.91. The fourth-order valence-corrected chi connectivity index (χ4v) is 6.43. The summed E-state index contributed by atoms with van der Waals surface area (Å²) in [5.74, 6) is 0.0873. The molecular formula is C25H31N5O4S2. The van der Waals surface area contributed by atoms with Crippen molar-refractivity contribution in [1.82, 2.24) is 20.2 Å². The number of hydrogen-bond donors (Lipinski definition) is 3. The largest absolute Gasteiger partial charge is 0.489 e. The Morgan fingerprint density at radius 1 is 1.22 bits per heavy atom. The lowest BCUT2D eigenvalue weighted by atomic mass is 9.85. The molecule has 0 radical (unpaired) electrons. The van der Waals surface area contributed by atoms with Crippen molar-refractivity contribution in [3.63, 3.8) is 0 Å². The third-order valence-corrected chi connectivity index (χ3v) is 8.37. The summed E-state index contributed by atoms with van der Waals surface area (Å²) >= 11 is 1.47. The first kappa shape index (κ1) is 26.1. The number of nitrogens with two attached hydrogens (primary N) is 1. The van der Waals surface area contributed by atoms with E-state index in [9.17, 15) is 13.2 Å². The van der Waals surface area contributed by atoms with Gasteiger partial charge in [-0.05, 0) is 62.4 Å². The van der Waals surface area contributed by atoms with Crippen LogP contribution in [0.2, 0.25) is 0 Å². The highest BCUT2D eigenvalue weighted by Crippen LogP contribution is 2.39. The molecule has 1 atom stereocenters. The first-order chi connectivity index (χ1) is 17.2. The fraction of sp³-hybridized carbons (Fsp3) is 0.400. The van der Waals surface area contributed by atoms with Crippen molar-refractivity contribution in [1.29, 1.82) is 0 Å². The van der Waals surface area contributed by atoms with Crippen molar-refractivity contribution in [2.45, 2.75) is 51.7 Å². The van der Waals surface area contributed by atoms with Gasteiger partial charge in [0.2, 0.25) is 15.9 Å². The fourth-order valence-electron chi connectivity index (χ4n) is 4.29. The average Bonchev–Trinajstić information content (AvgIpc) is 3.33. The molecule has 0 spiro atoms. The van der Waals surface area contributed by atoms with Gasteiger partial charge in [0.15, 0.2) is 0 Å². The number of aromatic nitrogens is 2. The van der Waals surface area contributed by atoms with Gasteiger partial charge in [0.05, 0.1) is 17.5 Å². The highest BCUT2D eigenvalue weighted by molar-refractivity contribution is 7.89. The molecule has 36 heavy (non-hydrogen) atoms. The van der Waals surface area contributed by atoms with Gasteiger partial charge < -0.3 is 15.8 Å². The van der Waals surface area contributed by atoms with Crippen molar-refractivity contribution in [3.8, 4) is 26.9 Å². The Bertz CT molecular complexity index is 1350. The van der Waals surface area contributed by atoms with Gasteiger partial charge in [0.25, 0.3) is 0 Å². The van der Waals surface area contributed by atoms with Crippen LogP contribution in [-0.4, -0.2) is 43.4 Å². The molecular weight excluding hydrogens is 498 g/mol. The third-order valence-electron chi connectivity index (χ3n) is 5.98. The topological polar surface area (TPSA) is 136 Å². The van der Waals surface area contributed by atoms with E-state index in [1.54, 1.807) is 0 Å². The van der Waals surface area contributed by atoms with Crippen LogP contribution in [0.4, 0.5) is 5.69 Å². The monoisotopic (exact) mass is 529 g/mol. The molecule has 4 rings (SSSR count). The Morgan fingerprint density at radius 2 is 2.00 bits per heavy atom. The summed E-state index contributed by atoms with van der Waals surface area (Å²) in [7, 11) is -2.12. The number of carbonyl (C=O) groups is 1. The summed E-state index contributed by atoms with van der Waals surface area (Å²) in [6.45, 7) is 3.90. The van der Waals surface area contributed by atoms with Gasteiger partial charge in [-0.25, -0.2) is 13.1 Å². The maximum absolute atomic E-state index is 12.6. The van der Waals surface area contributed by atoms with Crippen LogP contribution in [-0.2, 0) is 21.2 Å². The number of hydrogen-bond acceptors (Lipinski definition) is 8. The van der Waals surface area contributed by atoms with Gasteiger partial charge in [0.1, 0.15) is 15.8 Å². The van der Waals surface area contributed by atoms with E-state index in [1.165, 1.54) is 18.4 Å². The zero-order valence-corrected chi connectivity index (χ0v) is 22.2. The molecule has 1 aliphatic carbocycles. The van der Waals surface area contributed by atoms with Crippen LogP contribution in [0, 0.1) is 0 Å². The van der Waals surface area contributed by atoms with Gasteiger partial charge in [-0.1, -0.05) is 29.5 Å². The van der Waals surface area contributed by atoms with Crippen LogP contribution < -0.4 is 20.5 Å². The Hall–Kier alpha value is -3.02. The van der Waals surface area contributed by atoms with Gasteiger partial charge in [-0.15, -0.1) is 10.2 Å². The number of ether oxygens (including phenoxy) is 1. The molecule has 3 aromatic rings. The molecule has 11 heteroatoms. The minimum absolute atomic E-state index is 0.0275. The molecule has 1 unspecified atom stereocenters. The van der Waals surface area contributed by atoms with Crippen molar-refractivity contribution >= 4 is 33.0 Å². The van der Waals surface area contributed by atoms with Gasteiger partial charge in [-0.3, -0.25) is 4.79 Å². The second-order valence-corrected chi connectivity index (χ2v) is 11.9. The maximum atomic E-state index is 12.6. The van der Waals surface area contributed by atoms with Gasteiger partial charge in [0, 0.05) is 30.6 Å². The van der Waals surface area contributed by atoms with Crippen LogP contribution in [0.5, 0.6) is 5.75 Å². The summed E-state index contributed by atoms with van der Waals surface area (Å²) in [4.78, 5) is 11.5. The first-order valence-electron chi connectivity index (χ1n) is 11.9. The van der Waals surface area contributed by atoms with Crippen molar-refractivity contribution in [3.05, 3.63) is 47.5 Å². The minimum Gasteiger partial charge on any atom is -0.489 e. The van der Waals surface area contributed by atoms with E-state index < -0.39 is 10.0 Å². The van der Waals surface area contributed by atoms with Gasteiger partial charge in [-0.2, -0.15) is 0 Å². The molecule has 0 bridgehead atoms. The average molecular weight is 530 g/mol. The van der Waals surface area contributed by atoms with E-state index in [-0.39, 0.29) is 30.2 Å². The number of anilines is 1. The molecule has 2 aromatic carbocycles. The van der Waals surface area contributed by atoms with E-state index in [0.717, 1.165) is 45.1 Å². The summed E-state index contributed by atoms with van der Waals surface area (Å²) in [6.07, 6.45) is 2.31. The number of fused-ring (bicyclic) bond motifs is 1. The van der Waals surface area contributed by atoms with Gasteiger partial charge >= 0.3 is 0 Å². The Morgan fingerprint density at radius 3 is 2.72 bits per heavy atom. The molecule has 192 valence electrons. The highest BCUT2D eigenvalue weighted by atomic mass is 32.2. The number of amides is 1. The number of nitrogens with zero attached hydrogens (tertiary/aromatic N) is 2. The predicted octanol–water partition coefficient (Wildman–Crippen LogP) is 3.67. The van der Waals surface area contributed by atoms with Crippen LogP contribution in [0.25, 0.3) is 21.1 Å². The van der Waals surface area contributed by atoms with E-state index >= 15 is 0 Å². The molecule has 1 amide bonds. The Labute approximate surface area is 215 Å². The normalized spacial score (nSPS) is 15.5.